The van der Waals surface area contributed by atoms with Crippen molar-refractivity contribution in [3.63, 3.8) is 0 Å². The molecular formula is C16H17BrN2O. The van der Waals surface area contributed by atoms with E-state index in [4.69, 9.17) is 0 Å². The number of carbonyl (C=O) groups excluding carboxylic acids is 1. The summed E-state index contributed by atoms with van der Waals surface area (Å²) >= 11 is 3.45. The van der Waals surface area contributed by atoms with Crippen molar-refractivity contribution in [1.82, 2.24) is 0 Å². The second-order valence-electron chi connectivity index (χ2n) is 4.70. The summed E-state index contributed by atoms with van der Waals surface area (Å²) in [4.78, 5) is 11.9. The first-order valence-corrected chi connectivity index (χ1v) is 7.21. The number of rotatable bonds is 4. The first kappa shape index (κ1) is 14.6. The van der Waals surface area contributed by atoms with Crippen LogP contribution in [0.5, 0.6) is 0 Å². The summed E-state index contributed by atoms with van der Waals surface area (Å²) in [5.74, 6) is -0.0715. The zero-order chi connectivity index (χ0) is 14.5. The summed E-state index contributed by atoms with van der Waals surface area (Å²) in [6.07, 6.45) is 0. The van der Waals surface area contributed by atoms with Crippen LogP contribution in [0.2, 0.25) is 0 Å². The van der Waals surface area contributed by atoms with Gasteiger partial charge in [-0.2, -0.15) is 0 Å². The van der Waals surface area contributed by atoms with E-state index in [1.54, 1.807) is 0 Å². The van der Waals surface area contributed by atoms with Gasteiger partial charge in [0.2, 0.25) is 5.91 Å². The molecule has 2 N–H and O–H groups in total. The Morgan fingerprint density at radius 2 is 1.85 bits per heavy atom. The molecule has 2 rings (SSSR count). The van der Waals surface area contributed by atoms with Gasteiger partial charge in [0, 0.05) is 10.2 Å². The molecule has 104 valence electrons. The molecule has 0 unspecified atom stereocenters. The molecule has 0 atom stereocenters. The minimum absolute atomic E-state index is 0.0715. The molecule has 0 aliphatic carbocycles. The van der Waals surface area contributed by atoms with E-state index < -0.39 is 0 Å². The number of hydrogen-bond acceptors (Lipinski definition) is 2. The van der Waals surface area contributed by atoms with Gasteiger partial charge in [-0.05, 0) is 59.1 Å². The fraction of sp³-hybridized carbons (Fsp3) is 0.188. The summed E-state index contributed by atoms with van der Waals surface area (Å²) in [6, 6.07) is 13.7. The van der Waals surface area contributed by atoms with Gasteiger partial charge < -0.3 is 10.6 Å². The van der Waals surface area contributed by atoms with E-state index >= 15 is 0 Å². The summed E-state index contributed by atoms with van der Waals surface area (Å²) in [6.45, 7) is 4.26. The highest BCUT2D eigenvalue weighted by molar-refractivity contribution is 9.10. The Labute approximate surface area is 127 Å². The van der Waals surface area contributed by atoms with Crippen molar-refractivity contribution in [2.75, 3.05) is 17.2 Å². The maximum atomic E-state index is 11.9. The van der Waals surface area contributed by atoms with E-state index in [9.17, 15) is 4.79 Å². The van der Waals surface area contributed by atoms with Crippen LogP contribution in [-0.2, 0) is 4.79 Å². The topological polar surface area (TPSA) is 41.1 Å². The molecule has 0 heterocycles. The normalized spacial score (nSPS) is 10.2. The van der Waals surface area contributed by atoms with Gasteiger partial charge in [0.15, 0.2) is 0 Å². The van der Waals surface area contributed by atoms with Crippen molar-refractivity contribution in [3.8, 4) is 0 Å². The van der Waals surface area contributed by atoms with E-state index in [1.807, 2.05) is 56.3 Å². The predicted molar refractivity (Wildman–Crippen MR) is 87.2 cm³/mol. The highest BCUT2D eigenvalue weighted by Crippen LogP contribution is 2.23. The van der Waals surface area contributed by atoms with E-state index in [1.165, 1.54) is 0 Å². The molecule has 0 spiro atoms. The Balaban J connectivity index is 1.94. The number of hydrogen-bond donors (Lipinski definition) is 2. The van der Waals surface area contributed by atoms with Crippen molar-refractivity contribution in [2.45, 2.75) is 13.8 Å². The average Bonchev–Trinajstić information content (AvgIpc) is 2.41. The molecule has 0 aromatic heterocycles. The summed E-state index contributed by atoms with van der Waals surface area (Å²) in [7, 11) is 0. The minimum Gasteiger partial charge on any atom is -0.376 e. The van der Waals surface area contributed by atoms with Crippen LogP contribution in [0, 0.1) is 13.8 Å². The Morgan fingerprint density at radius 1 is 1.10 bits per heavy atom. The number of amides is 1. The average molecular weight is 333 g/mol. The van der Waals surface area contributed by atoms with Crippen molar-refractivity contribution in [2.24, 2.45) is 0 Å². The molecule has 3 nitrogen and oxygen atoms in total. The lowest BCUT2D eigenvalue weighted by Crippen LogP contribution is -2.22. The molecule has 4 heteroatoms. The molecule has 0 saturated heterocycles. The maximum absolute atomic E-state index is 11.9. The third kappa shape index (κ3) is 3.84. The van der Waals surface area contributed by atoms with Crippen LogP contribution >= 0.6 is 15.9 Å². The number of anilines is 2. The van der Waals surface area contributed by atoms with E-state index in [0.717, 1.165) is 27.0 Å². The fourth-order valence-electron chi connectivity index (χ4n) is 1.86. The Morgan fingerprint density at radius 3 is 2.55 bits per heavy atom. The lowest BCUT2D eigenvalue weighted by molar-refractivity contribution is -0.114. The van der Waals surface area contributed by atoms with Crippen LogP contribution in [0.1, 0.15) is 11.1 Å². The first-order chi connectivity index (χ1) is 9.56. The van der Waals surface area contributed by atoms with Crippen LogP contribution in [0.4, 0.5) is 11.4 Å². The number of aryl methyl sites for hydroxylation is 2. The SMILES string of the molecule is Cc1ccc(NC(=O)CNc2ccccc2C)c(Br)c1. The van der Waals surface area contributed by atoms with E-state index in [-0.39, 0.29) is 12.5 Å². The zero-order valence-electron chi connectivity index (χ0n) is 11.5. The Bertz CT molecular complexity index is 626. The van der Waals surface area contributed by atoms with Gasteiger partial charge in [-0.15, -0.1) is 0 Å². The fourth-order valence-corrected chi connectivity index (χ4v) is 2.46. The molecule has 0 aliphatic rings. The van der Waals surface area contributed by atoms with Crippen molar-refractivity contribution in [1.29, 1.82) is 0 Å². The second kappa shape index (κ2) is 6.57. The summed E-state index contributed by atoms with van der Waals surface area (Å²) in [5, 5.41) is 6.02. The summed E-state index contributed by atoms with van der Waals surface area (Å²) < 4.78 is 0.891. The molecule has 1 amide bonds. The lowest BCUT2D eigenvalue weighted by Gasteiger charge is -2.11. The second-order valence-corrected chi connectivity index (χ2v) is 5.55. The van der Waals surface area contributed by atoms with Crippen LogP contribution < -0.4 is 10.6 Å². The molecule has 0 aliphatic heterocycles. The van der Waals surface area contributed by atoms with Crippen LogP contribution in [-0.4, -0.2) is 12.5 Å². The predicted octanol–water partition coefficient (Wildman–Crippen LogP) is 4.12. The molecule has 0 saturated carbocycles. The largest absolute Gasteiger partial charge is 0.376 e. The molecule has 2 aromatic rings. The first-order valence-electron chi connectivity index (χ1n) is 6.42. The molecule has 0 fully saturated rings. The standard InChI is InChI=1S/C16H17BrN2O/c1-11-7-8-15(13(17)9-11)19-16(20)10-18-14-6-4-3-5-12(14)2/h3-9,18H,10H2,1-2H3,(H,19,20). The van der Waals surface area contributed by atoms with Crippen molar-refractivity contribution < 1.29 is 4.79 Å². The van der Waals surface area contributed by atoms with E-state index in [2.05, 4.69) is 26.6 Å². The highest BCUT2D eigenvalue weighted by atomic mass is 79.9. The number of benzene rings is 2. The number of halogens is 1. The third-order valence-corrected chi connectivity index (χ3v) is 3.64. The van der Waals surface area contributed by atoms with Crippen LogP contribution in [0.15, 0.2) is 46.9 Å². The minimum atomic E-state index is -0.0715. The molecule has 2 aromatic carbocycles. The molecular weight excluding hydrogens is 316 g/mol. The van der Waals surface area contributed by atoms with Gasteiger partial charge in [-0.25, -0.2) is 0 Å². The highest BCUT2D eigenvalue weighted by Gasteiger charge is 2.06. The van der Waals surface area contributed by atoms with Gasteiger partial charge >= 0.3 is 0 Å². The van der Waals surface area contributed by atoms with E-state index in [0.29, 0.717) is 0 Å². The summed E-state index contributed by atoms with van der Waals surface area (Å²) in [5.41, 5.74) is 4.03. The quantitative estimate of drug-likeness (QED) is 0.884. The van der Waals surface area contributed by atoms with Gasteiger partial charge in [0.1, 0.15) is 0 Å². The number of para-hydroxylation sites is 1. The number of nitrogens with one attached hydrogen (secondary N) is 2. The van der Waals surface area contributed by atoms with Gasteiger partial charge in [-0.3, -0.25) is 4.79 Å². The lowest BCUT2D eigenvalue weighted by atomic mass is 10.2. The van der Waals surface area contributed by atoms with Gasteiger partial charge in [0.05, 0.1) is 12.2 Å². The smallest absolute Gasteiger partial charge is 0.243 e. The third-order valence-electron chi connectivity index (χ3n) is 2.98. The van der Waals surface area contributed by atoms with Crippen molar-refractivity contribution in [3.05, 3.63) is 58.1 Å². The monoisotopic (exact) mass is 332 g/mol. The zero-order valence-corrected chi connectivity index (χ0v) is 13.1. The Kier molecular flexibility index (Phi) is 4.79. The molecule has 0 bridgehead atoms. The molecule has 20 heavy (non-hydrogen) atoms. The van der Waals surface area contributed by atoms with Gasteiger partial charge in [0.25, 0.3) is 0 Å². The number of carbonyl (C=O) groups is 1. The van der Waals surface area contributed by atoms with Crippen molar-refractivity contribution >= 4 is 33.2 Å². The van der Waals surface area contributed by atoms with Gasteiger partial charge in [-0.1, -0.05) is 24.3 Å². The molecule has 0 radical (unpaired) electrons. The van der Waals surface area contributed by atoms with Crippen LogP contribution in [0.3, 0.4) is 0 Å². The maximum Gasteiger partial charge on any atom is 0.243 e. The van der Waals surface area contributed by atoms with Crippen LogP contribution in [0.25, 0.3) is 0 Å². The Hall–Kier alpha value is -1.81.